The summed E-state index contributed by atoms with van der Waals surface area (Å²) in [4.78, 5) is 7.35. The molecule has 0 bridgehead atoms. The molecule has 90 valence electrons. The van der Waals surface area contributed by atoms with Gasteiger partial charge in [0.25, 0.3) is 0 Å². The minimum atomic E-state index is 0.772. The molecule has 17 heavy (non-hydrogen) atoms. The average Bonchev–Trinajstić information content (AvgIpc) is 2.85. The lowest BCUT2D eigenvalue weighted by molar-refractivity contribution is 0.366. The number of hydrogen-bond acceptors (Lipinski definition) is 2. The second-order valence-corrected chi connectivity index (χ2v) is 5.49. The second-order valence-electron chi connectivity index (χ2n) is 5.10. The summed E-state index contributed by atoms with van der Waals surface area (Å²) in [7, 11) is 0. The Labute approximate surface area is 106 Å². The van der Waals surface area contributed by atoms with E-state index in [4.69, 9.17) is 12.2 Å². The van der Waals surface area contributed by atoms with Gasteiger partial charge in [0.05, 0.1) is 17.2 Å². The topological polar surface area (TPSA) is 33.6 Å². The second kappa shape index (κ2) is 4.26. The summed E-state index contributed by atoms with van der Waals surface area (Å²) >= 11 is 5.41. The van der Waals surface area contributed by atoms with Crippen molar-refractivity contribution in [2.75, 3.05) is 0 Å². The fourth-order valence-corrected chi connectivity index (χ4v) is 3.20. The van der Waals surface area contributed by atoms with Gasteiger partial charge in [-0.05, 0) is 36.5 Å². The lowest BCUT2D eigenvalue weighted by atomic mass is 9.98. The summed E-state index contributed by atoms with van der Waals surface area (Å²) in [6.45, 7) is 3.40. The van der Waals surface area contributed by atoms with Crippen molar-refractivity contribution in [2.45, 2.75) is 32.7 Å². The molecule has 2 aromatic rings. The third-order valence-electron chi connectivity index (χ3n) is 4.03. The molecule has 0 spiro atoms. The van der Waals surface area contributed by atoms with Crippen molar-refractivity contribution in [3.05, 3.63) is 23.2 Å². The lowest BCUT2D eigenvalue weighted by Gasteiger charge is -2.16. The Balaban J connectivity index is 1.99. The minimum Gasteiger partial charge on any atom is -0.329 e. The molecule has 1 aliphatic carbocycles. The van der Waals surface area contributed by atoms with Crippen LogP contribution in [0.5, 0.6) is 0 Å². The van der Waals surface area contributed by atoms with Crippen LogP contribution in [-0.2, 0) is 6.54 Å². The average molecular weight is 247 g/mol. The van der Waals surface area contributed by atoms with Crippen LogP contribution < -0.4 is 0 Å². The van der Waals surface area contributed by atoms with Crippen molar-refractivity contribution in [2.24, 2.45) is 11.8 Å². The van der Waals surface area contributed by atoms with Crippen molar-refractivity contribution in [1.82, 2.24) is 14.5 Å². The quantitative estimate of drug-likeness (QED) is 0.824. The van der Waals surface area contributed by atoms with Crippen molar-refractivity contribution < 1.29 is 0 Å². The van der Waals surface area contributed by atoms with Crippen molar-refractivity contribution >= 4 is 23.3 Å². The van der Waals surface area contributed by atoms with Crippen LogP contribution in [0.15, 0.2) is 18.5 Å². The minimum absolute atomic E-state index is 0.772. The van der Waals surface area contributed by atoms with Gasteiger partial charge in [0, 0.05) is 12.7 Å². The monoisotopic (exact) mass is 247 g/mol. The van der Waals surface area contributed by atoms with Crippen LogP contribution in [0.25, 0.3) is 11.0 Å². The van der Waals surface area contributed by atoms with E-state index in [0.717, 1.165) is 28.7 Å². The Hall–Kier alpha value is -1.16. The SMILES string of the molecule is CC1CCCC1Cn1c(=S)[nH]c2cnccc21. The summed E-state index contributed by atoms with van der Waals surface area (Å²) < 4.78 is 3.06. The fourth-order valence-electron chi connectivity index (χ4n) is 2.92. The number of nitrogens with one attached hydrogen (secondary N) is 1. The summed E-state index contributed by atoms with van der Waals surface area (Å²) in [5.41, 5.74) is 2.23. The maximum atomic E-state index is 5.41. The van der Waals surface area contributed by atoms with Gasteiger partial charge in [0.15, 0.2) is 4.77 Å². The van der Waals surface area contributed by atoms with E-state index in [1.165, 1.54) is 24.8 Å². The molecule has 2 heterocycles. The van der Waals surface area contributed by atoms with E-state index in [0.29, 0.717) is 0 Å². The molecule has 0 radical (unpaired) electrons. The van der Waals surface area contributed by atoms with Gasteiger partial charge < -0.3 is 9.55 Å². The molecule has 1 fully saturated rings. The molecule has 0 saturated heterocycles. The van der Waals surface area contributed by atoms with Crippen molar-refractivity contribution in [3.63, 3.8) is 0 Å². The maximum Gasteiger partial charge on any atom is 0.178 e. The van der Waals surface area contributed by atoms with Gasteiger partial charge in [0.2, 0.25) is 0 Å². The molecule has 2 unspecified atom stereocenters. The number of aromatic amines is 1. The standard InChI is InChI=1S/C13H17N3S/c1-9-3-2-4-10(9)8-16-12-5-6-14-7-11(12)15-13(16)17/h5-7,9-10H,2-4,8H2,1H3,(H,15,17). The molecule has 1 N–H and O–H groups in total. The van der Waals surface area contributed by atoms with Crippen LogP contribution in [0.2, 0.25) is 0 Å². The van der Waals surface area contributed by atoms with Crippen LogP contribution in [-0.4, -0.2) is 14.5 Å². The third-order valence-corrected chi connectivity index (χ3v) is 4.35. The number of pyridine rings is 1. The summed E-state index contributed by atoms with van der Waals surface area (Å²) in [5, 5.41) is 0. The van der Waals surface area contributed by atoms with Gasteiger partial charge in [-0.2, -0.15) is 0 Å². The number of imidazole rings is 1. The summed E-state index contributed by atoms with van der Waals surface area (Å²) in [6, 6.07) is 2.04. The van der Waals surface area contributed by atoms with E-state index in [-0.39, 0.29) is 0 Å². The van der Waals surface area contributed by atoms with E-state index in [1.807, 2.05) is 18.5 Å². The number of nitrogens with zero attached hydrogens (tertiary/aromatic N) is 2. The Morgan fingerprint density at radius 3 is 3.18 bits per heavy atom. The molecule has 4 heteroatoms. The smallest absolute Gasteiger partial charge is 0.178 e. The fraction of sp³-hybridized carbons (Fsp3) is 0.538. The first kappa shape index (κ1) is 11.0. The van der Waals surface area contributed by atoms with Crippen LogP contribution in [0, 0.1) is 16.6 Å². The Morgan fingerprint density at radius 2 is 2.41 bits per heavy atom. The highest BCUT2D eigenvalue weighted by atomic mass is 32.1. The Kier molecular flexibility index (Phi) is 2.74. The first-order valence-corrected chi connectivity index (χ1v) is 6.69. The van der Waals surface area contributed by atoms with Crippen LogP contribution in [0.4, 0.5) is 0 Å². The molecular weight excluding hydrogens is 230 g/mol. The summed E-state index contributed by atoms with van der Waals surface area (Å²) in [6.07, 6.45) is 7.74. The number of hydrogen-bond donors (Lipinski definition) is 1. The van der Waals surface area contributed by atoms with E-state index >= 15 is 0 Å². The zero-order chi connectivity index (χ0) is 11.8. The first-order chi connectivity index (χ1) is 8.25. The van der Waals surface area contributed by atoms with Gasteiger partial charge in [-0.25, -0.2) is 0 Å². The maximum absolute atomic E-state index is 5.41. The van der Waals surface area contributed by atoms with Gasteiger partial charge >= 0.3 is 0 Å². The van der Waals surface area contributed by atoms with Crippen LogP contribution in [0.1, 0.15) is 26.2 Å². The van der Waals surface area contributed by atoms with E-state index < -0.39 is 0 Å². The molecule has 0 amide bonds. The van der Waals surface area contributed by atoms with Gasteiger partial charge in [-0.3, -0.25) is 4.98 Å². The predicted molar refractivity (Wildman–Crippen MR) is 71.4 cm³/mol. The molecule has 0 aliphatic heterocycles. The van der Waals surface area contributed by atoms with Crippen molar-refractivity contribution in [1.29, 1.82) is 0 Å². The Bertz CT molecular complexity index is 584. The molecular formula is C13H17N3S. The van der Waals surface area contributed by atoms with Gasteiger partial charge in [-0.15, -0.1) is 0 Å². The molecule has 2 aromatic heterocycles. The largest absolute Gasteiger partial charge is 0.329 e. The van der Waals surface area contributed by atoms with E-state index in [9.17, 15) is 0 Å². The lowest BCUT2D eigenvalue weighted by Crippen LogP contribution is -2.13. The first-order valence-electron chi connectivity index (χ1n) is 6.28. The highest BCUT2D eigenvalue weighted by Crippen LogP contribution is 2.33. The Morgan fingerprint density at radius 1 is 1.53 bits per heavy atom. The zero-order valence-corrected chi connectivity index (χ0v) is 10.8. The number of aromatic nitrogens is 3. The van der Waals surface area contributed by atoms with E-state index in [2.05, 4.69) is 21.5 Å². The molecule has 3 rings (SSSR count). The highest BCUT2D eigenvalue weighted by molar-refractivity contribution is 7.71. The predicted octanol–water partition coefficient (Wildman–Crippen LogP) is 3.53. The normalized spacial score (nSPS) is 24.5. The van der Waals surface area contributed by atoms with Crippen molar-refractivity contribution in [3.8, 4) is 0 Å². The highest BCUT2D eigenvalue weighted by Gasteiger charge is 2.24. The molecule has 2 atom stereocenters. The van der Waals surface area contributed by atoms with Gasteiger partial charge in [-0.1, -0.05) is 19.8 Å². The number of H-pyrrole nitrogens is 1. The number of fused-ring (bicyclic) bond motifs is 1. The molecule has 1 aliphatic rings. The van der Waals surface area contributed by atoms with E-state index in [1.54, 1.807) is 0 Å². The molecule has 0 aromatic carbocycles. The van der Waals surface area contributed by atoms with Gasteiger partial charge in [0.1, 0.15) is 0 Å². The van der Waals surface area contributed by atoms with Crippen LogP contribution in [0.3, 0.4) is 0 Å². The zero-order valence-electron chi connectivity index (χ0n) is 10.0. The molecule has 1 saturated carbocycles. The molecule has 3 nitrogen and oxygen atoms in total. The summed E-state index contributed by atoms with van der Waals surface area (Å²) in [5.74, 6) is 1.59. The number of rotatable bonds is 2. The third kappa shape index (κ3) is 1.90. The van der Waals surface area contributed by atoms with Crippen LogP contribution >= 0.6 is 12.2 Å².